The molecule has 0 bridgehead atoms. The molecule has 0 fully saturated rings. The molecule has 0 spiro atoms. The van der Waals surface area contributed by atoms with Crippen LogP contribution in [0.4, 0.5) is 0 Å². The number of ether oxygens (including phenoxy) is 1. The lowest BCUT2D eigenvalue weighted by atomic mass is 10.2. The van der Waals surface area contributed by atoms with Crippen LogP contribution in [-0.4, -0.2) is 15.0 Å². The summed E-state index contributed by atoms with van der Waals surface area (Å²) < 4.78 is 36.6. The van der Waals surface area contributed by atoms with Gasteiger partial charge in [-0.15, -0.1) is 0 Å². The van der Waals surface area contributed by atoms with Crippen LogP contribution in [0.2, 0.25) is 0 Å². The third kappa shape index (κ3) is 4.09. The molecule has 0 aliphatic rings. The number of benzene rings is 2. The lowest BCUT2D eigenvalue weighted by molar-refractivity contribution is 0.327. The smallest absolute Gasteiger partial charge is 0.340 e. The molecule has 5 nitrogen and oxygen atoms in total. The van der Waals surface area contributed by atoms with E-state index >= 15 is 0 Å². The van der Waals surface area contributed by atoms with E-state index in [1.54, 1.807) is 19.1 Å². The van der Waals surface area contributed by atoms with Crippen molar-refractivity contribution in [2.24, 2.45) is 0 Å². The Balaban J connectivity index is 2.51. The topological polar surface area (TPSA) is 76.4 Å². The van der Waals surface area contributed by atoms with E-state index in [1.165, 1.54) is 18.2 Å². The standard InChI is InChI=1S/C16H13Br2NO4S/c1-3-22-14-8-11(9-19)7-13(18)16(14)23-24(20,21)15-5-4-10(2)6-12(15)17/h4-8H,3H2,1-2H3. The van der Waals surface area contributed by atoms with Gasteiger partial charge in [-0.05, 0) is 69.5 Å². The third-order valence-corrected chi connectivity index (χ3v) is 5.78. The van der Waals surface area contributed by atoms with Gasteiger partial charge in [0.05, 0.1) is 22.7 Å². The molecule has 8 heteroatoms. The first-order valence-electron chi connectivity index (χ1n) is 6.85. The van der Waals surface area contributed by atoms with Crippen LogP contribution in [-0.2, 0) is 10.1 Å². The highest BCUT2D eigenvalue weighted by molar-refractivity contribution is 9.10. The van der Waals surface area contributed by atoms with Crippen LogP contribution < -0.4 is 8.92 Å². The molecule has 0 saturated heterocycles. The van der Waals surface area contributed by atoms with E-state index < -0.39 is 10.1 Å². The van der Waals surface area contributed by atoms with Crippen LogP contribution in [0.1, 0.15) is 18.1 Å². The number of rotatable bonds is 5. The first-order valence-corrected chi connectivity index (χ1v) is 9.85. The van der Waals surface area contributed by atoms with Gasteiger partial charge in [0, 0.05) is 10.5 Å². The SMILES string of the molecule is CCOc1cc(C#N)cc(Br)c1OS(=O)(=O)c1ccc(C)cc1Br. The highest BCUT2D eigenvalue weighted by atomic mass is 79.9. The number of nitriles is 1. The Kier molecular flexibility index (Phi) is 5.91. The lowest BCUT2D eigenvalue weighted by Crippen LogP contribution is -2.12. The first kappa shape index (κ1) is 18.8. The summed E-state index contributed by atoms with van der Waals surface area (Å²) in [5.41, 5.74) is 1.24. The predicted molar refractivity (Wildman–Crippen MR) is 96.7 cm³/mol. The van der Waals surface area contributed by atoms with Crippen molar-refractivity contribution in [1.82, 2.24) is 0 Å². The summed E-state index contributed by atoms with van der Waals surface area (Å²) in [6, 6.07) is 9.72. The van der Waals surface area contributed by atoms with Gasteiger partial charge in [-0.2, -0.15) is 13.7 Å². The molecular weight excluding hydrogens is 462 g/mol. The summed E-state index contributed by atoms with van der Waals surface area (Å²) in [6.45, 7) is 3.90. The van der Waals surface area contributed by atoms with E-state index in [0.717, 1.165) is 5.56 Å². The Morgan fingerprint density at radius 2 is 1.88 bits per heavy atom. The van der Waals surface area contributed by atoms with E-state index in [2.05, 4.69) is 31.9 Å². The average molecular weight is 475 g/mol. The van der Waals surface area contributed by atoms with E-state index in [4.69, 9.17) is 14.2 Å². The van der Waals surface area contributed by atoms with Crippen molar-refractivity contribution in [2.75, 3.05) is 6.61 Å². The summed E-state index contributed by atoms with van der Waals surface area (Å²) >= 11 is 6.47. The minimum atomic E-state index is -4.08. The van der Waals surface area contributed by atoms with Gasteiger partial charge < -0.3 is 8.92 Å². The van der Waals surface area contributed by atoms with E-state index in [9.17, 15) is 8.42 Å². The molecule has 0 amide bonds. The Morgan fingerprint density at radius 3 is 2.46 bits per heavy atom. The molecule has 2 aromatic rings. The number of aryl methyl sites for hydroxylation is 1. The summed E-state index contributed by atoms with van der Waals surface area (Å²) in [5, 5.41) is 9.03. The van der Waals surface area contributed by atoms with E-state index in [1.807, 2.05) is 13.0 Å². The van der Waals surface area contributed by atoms with Crippen molar-refractivity contribution in [3.63, 3.8) is 0 Å². The van der Waals surface area contributed by atoms with Crippen molar-refractivity contribution in [1.29, 1.82) is 5.26 Å². The molecule has 0 heterocycles. The van der Waals surface area contributed by atoms with Crippen molar-refractivity contribution in [3.8, 4) is 17.6 Å². The maximum absolute atomic E-state index is 12.6. The molecule has 2 aromatic carbocycles. The van der Waals surface area contributed by atoms with Gasteiger partial charge in [-0.1, -0.05) is 6.07 Å². The highest BCUT2D eigenvalue weighted by Crippen LogP contribution is 2.39. The number of nitrogens with zero attached hydrogens (tertiary/aromatic N) is 1. The Bertz CT molecular complexity index is 920. The summed E-state index contributed by atoms with van der Waals surface area (Å²) in [7, 11) is -4.08. The molecule has 0 atom stereocenters. The fourth-order valence-corrected chi connectivity index (χ4v) is 4.67. The monoisotopic (exact) mass is 473 g/mol. The van der Waals surface area contributed by atoms with Gasteiger partial charge in [0.15, 0.2) is 11.5 Å². The quantitative estimate of drug-likeness (QED) is 0.593. The molecule has 0 radical (unpaired) electrons. The summed E-state index contributed by atoms with van der Waals surface area (Å²) in [6.07, 6.45) is 0. The third-order valence-electron chi connectivity index (χ3n) is 2.99. The van der Waals surface area contributed by atoms with Crippen molar-refractivity contribution in [2.45, 2.75) is 18.7 Å². The lowest BCUT2D eigenvalue weighted by Gasteiger charge is -2.14. The van der Waals surface area contributed by atoms with Crippen molar-refractivity contribution in [3.05, 3.63) is 50.4 Å². The van der Waals surface area contributed by atoms with Crippen molar-refractivity contribution >= 4 is 42.0 Å². The van der Waals surface area contributed by atoms with Crippen LogP contribution in [0.25, 0.3) is 0 Å². The fraction of sp³-hybridized carbons (Fsp3) is 0.188. The summed E-state index contributed by atoms with van der Waals surface area (Å²) in [5.74, 6) is 0.179. The normalized spacial score (nSPS) is 11.0. The van der Waals surface area contributed by atoms with Gasteiger partial charge in [0.1, 0.15) is 4.90 Å². The van der Waals surface area contributed by atoms with Gasteiger partial charge in [-0.25, -0.2) is 0 Å². The van der Waals surface area contributed by atoms with Gasteiger partial charge in [-0.3, -0.25) is 0 Å². The highest BCUT2D eigenvalue weighted by Gasteiger charge is 2.24. The van der Waals surface area contributed by atoms with Gasteiger partial charge >= 0.3 is 10.1 Å². The Morgan fingerprint density at radius 1 is 1.17 bits per heavy atom. The van der Waals surface area contributed by atoms with Crippen LogP contribution in [0, 0.1) is 18.3 Å². The molecule has 0 saturated carbocycles. The Labute approximate surface area is 157 Å². The molecule has 0 aromatic heterocycles. The molecule has 126 valence electrons. The molecule has 24 heavy (non-hydrogen) atoms. The molecule has 0 aliphatic heterocycles. The minimum absolute atomic E-state index is 0.00308. The zero-order chi connectivity index (χ0) is 17.9. The van der Waals surface area contributed by atoms with E-state index in [-0.39, 0.29) is 16.4 Å². The second-order valence-electron chi connectivity index (χ2n) is 4.80. The maximum atomic E-state index is 12.6. The van der Waals surface area contributed by atoms with Crippen LogP contribution in [0.5, 0.6) is 11.5 Å². The number of halogens is 2. The molecule has 0 N–H and O–H groups in total. The zero-order valence-electron chi connectivity index (χ0n) is 12.8. The predicted octanol–water partition coefficient (Wildman–Crippen LogP) is 4.56. The second-order valence-corrected chi connectivity index (χ2v) is 8.02. The second kappa shape index (κ2) is 7.55. The molecule has 0 unspecified atom stereocenters. The maximum Gasteiger partial charge on any atom is 0.340 e. The van der Waals surface area contributed by atoms with Crippen LogP contribution in [0.3, 0.4) is 0 Å². The minimum Gasteiger partial charge on any atom is -0.490 e. The average Bonchev–Trinajstić information content (AvgIpc) is 2.50. The van der Waals surface area contributed by atoms with E-state index in [0.29, 0.717) is 21.1 Å². The number of hydrogen-bond donors (Lipinski definition) is 0. The fourth-order valence-electron chi connectivity index (χ4n) is 1.94. The van der Waals surface area contributed by atoms with Gasteiger partial charge in [0.25, 0.3) is 0 Å². The van der Waals surface area contributed by atoms with Crippen LogP contribution in [0.15, 0.2) is 44.2 Å². The Hall–Kier alpha value is -1.56. The first-order chi connectivity index (χ1) is 11.3. The molecule has 2 rings (SSSR count). The largest absolute Gasteiger partial charge is 0.490 e. The number of hydrogen-bond acceptors (Lipinski definition) is 5. The molecular formula is C16H13Br2NO4S. The van der Waals surface area contributed by atoms with Crippen LogP contribution >= 0.6 is 31.9 Å². The molecule has 0 aliphatic carbocycles. The zero-order valence-corrected chi connectivity index (χ0v) is 16.8. The van der Waals surface area contributed by atoms with Gasteiger partial charge in [0.2, 0.25) is 0 Å². The summed E-state index contributed by atoms with van der Waals surface area (Å²) in [4.78, 5) is 0.00630. The van der Waals surface area contributed by atoms with Crippen molar-refractivity contribution < 1.29 is 17.3 Å².